The van der Waals surface area contributed by atoms with Gasteiger partial charge in [-0.1, -0.05) is 11.8 Å². The van der Waals surface area contributed by atoms with Crippen LogP contribution in [-0.2, 0) is 0 Å². The molecule has 1 nitrogen and oxygen atoms in total. The van der Waals surface area contributed by atoms with E-state index in [9.17, 15) is 8.78 Å². The second kappa shape index (κ2) is 2.64. The van der Waals surface area contributed by atoms with Crippen molar-refractivity contribution in [1.29, 1.82) is 0 Å². The van der Waals surface area contributed by atoms with Crippen LogP contribution in [0, 0.1) is 0 Å². The Morgan fingerprint density at radius 2 is 2.12 bits per heavy atom. The fourth-order valence-corrected chi connectivity index (χ4v) is 1.22. The highest BCUT2D eigenvalue weighted by atomic mass is 32.2. The molecular formula is C4H7F2NS. The van der Waals surface area contributed by atoms with Gasteiger partial charge in [-0.2, -0.15) is 8.78 Å². The van der Waals surface area contributed by atoms with Crippen molar-refractivity contribution in [3.05, 3.63) is 0 Å². The first-order valence-corrected chi connectivity index (χ1v) is 3.37. The van der Waals surface area contributed by atoms with Crippen LogP contribution >= 0.6 is 11.8 Å². The number of hydrogen-bond donors (Lipinski definition) is 1. The highest BCUT2D eigenvalue weighted by Crippen LogP contribution is 2.22. The van der Waals surface area contributed by atoms with E-state index in [1.54, 1.807) is 0 Å². The maximum absolute atomic E-state index is 11.4. The zero-order chi connectivity index (χ0) is 5.98. The van der Waals surface area contributed by atoms with Crippen LogP contribution in [0.25, 0.3) is 0 Å². The molecule has 0 bridgehead atoms. The fraction of sp³-hybridized carbons (Fsp3) is 1.00. The second-order valence-corrected chi connectivity index (χ2v) is 2.97. The molecule has 48 valence electrons. The molecule has 0 aliphatic carbocycles. The molecule has 0 saturated carbocycles. The van der Waals surface area contributed by atoms with Gasteiger partial charge in [-0.05, 0) is 0 Å². The van der Waals surface area contributed by atoms with Crippen LogP contribution in [0.2, 0.25) is 0 Å². The van der Waals surface area contributed by atoms with Crippen molar-refractivity contribution in [2.24, 2.45) is 0 Å². The number of hydrogen-bond acceptors (Lipinski definition) is 2. The SMILES string of the molecule is FC(F)SC1CNC1. The van der Waals surface area contributed by atoms with Crippen molar-refractivity contribution < 1.29 is 8.78 Å². The summed E-state index contributed by atoms with van der Waals surface area (Å²) >= 11 is 0.745. The van der Waals surface area contributed by atoms with E-state index in [0.717, 1.165) is 24.9 Å². The van der Waals surface area contributed by atoms with E-state index in [1.807, 2.05) is 0 Å². The topological polar surface area (TPSA) is 12.0 Å². The number of rotatable bonds is 2. The van der Waals surface area contributed by atoms with Crippen LogP contribution in [0.1, 0.15) is 0 Å². The van der Waals surface area contributed by atoms with Crippen LogP contribution in [-0.4, -0.2) is 24.1 Å². The lowest BCUT2D eigenvalue weighted by atomic mass is 10.3. The number of thioether (sulfide) groups is 1. The predicted molar refractivity (Wildman–Crippen MR) is 30.3 cm³/mol. The van der Waals surface area contributed by atoms with Crippen LogP contribution in [0.5, 0.6) is 0 Å². The number of halogens is 2. The van der Waals surface area contributed by atoms with Gasteiger partial charge >= 0.3 is 0 Å². The quantitative estimate of drug-likeness (QED) is 0.610. The van der Waals surface area contributed by atoms with Crippen LogP contribution < -0.4 is 5.32 Å². The fourth-order valence-electron chi connectivity index (χ4n) is 0.504. The summed E-state index contributed by atoms with van der Waals surface area (Å²) < 4.78 is 22.9. The van der Waals surface area contributed by atoms with Crippen LogP contribution in [0.3, 0.4) is 0 Å². The molecule has 1 heterocycles. The van der Waals surface area contributed by atoms with Crippen molar-refractivity contribution in [3.63, 3.8) is 0 Å². The molecule has 0 atom stereocenters. The average molecular weight is 139 g/mol. The largest absolute Gasteiger partial charge is 0.314 e. The summed E-state index contributed by atoms with van der Waals surface area (Å²) in [7, 11) is 0. The van der Waals surface area contributed by atoms with Crippen molar-refractivity contribution in [3.8, 4) is 0 Å². The van der Waals surface area contributed by atoms with E-state index in [-0.39, 0.29) is 5.25 Å². The van der Waals surface area contributed by atoms with Gasteiger partial charge in [0.05, 0.1) is 0 Å². The van der Waals surface area contributed by atoms with Gasteiger partial charge in [0.15, 0.2) is 0 Å². The molecule has 1 aliphatic rings. The Labute approximate surface area is 50.8 Å². The smallest absolute Gasteiger partial charge is 0.284 e. The van der Waals surface area contributed by atoms with Gasteiger partial charge in [-0.15, -0.1) is 0 Å². The number of alkyl halides is 2. The minimum atomic E-state index is -2.19. The molecule has 1 N–H and O–H groups in total. The number of nitrogens with one attached hydrogen (secondary N) is 1. The lowest BCUT2D eigenvalue weighted by Gasteiger charge is -2.25. The van der Waals surface area contributed by atoms with Crippen LogP contribution in [0.15, 0.2) is 0 Å². The van der Waals surface area contributed by atoms with E-state index in [0.29, 0.717) is 0 Å². The molecule has 4 heteroatoms. The molecule has 1 fully saturated rings. The molecule has 1 aliphatic heterocycles. The Morgan fingerprint density at radius 3 is 2.25 bits per heavy atom. The summed E-state index contributed by atoms with van der Waals surface area (Å²) in [5.74, 6) is -2.19. The summed E-state index contributed by atoms with van der Waals surface area (Å²) in [6.07, 6.45) is 0. The lowest BCUT2D eigenvalue weighted by molar-refractivity contribution is 0.250. The summed E-state index contributed by atoms with van der Waals surface area (Å²) in [4.78, 5) is 0. The van der Waals surface area contributed by atoms with E-state index in [4.69, 9.17) is 0 Å². The molecule has 8 heavy (non-hydrogen) atoms. The summed E-state index contributed by atoms with van der Waals surface area (Å²) in [5, 5.41) is 3.07. The van der Waals surface area contributed by atoms with E-state index >= 15 is 0 Å². The first-order valence-electron chi connectivity index (χ1n) is 2.43. The standard InChI is InChI=1S/C4H7F2NS/c5-4(6)8-3-1-7-2-3/h3-4,7H,1-2H2. The predicted octanol–water partition coefficient (Wildman–Crippen LogP) is 0.914. The molecule has 0 spiro atoms. The zero-order valence-electron chi connectivity index (χ0n) is 4.23. The third kappa shape index (κ3) is 1.59. The highest BCUT2D eigenvalue weighted by molar-refractivity contribution is 8.00. The first kappa shape index (κ1) is 6.29. The molecule has 0 aromatic carbocycles. The van der Waals surface area contributed by atoms with Crippen molar-refractivity contribution in [1.82, 2.24) is 5.32 Å². The van der Waals surface area contributed by atoms with Gasteiger partial charge in [0.25, 0.3) is 5.76 Å². The van der Waals surface area contributed by atoms with Crippen molar-refractivity contribution in [2.75, 3.05) is 13.1 Å². The van der Waals surface area contributed by atoms with Gasteiger partial charge in [0, 0.05) is 18.3 Å². The van der Waals surface area contributed by atoms with E-state index in [2.05, 4.69) is 5.32 Å². The second-order valence-electron chi connectivity index (χ2n) is 1.68. The third-order valence-corrected chi connectivity index (χ3v) is 1.96. The van der Waals surface area contributed by atoms with Crippen molar-refractivity contribution in [2.45, 2.75) is 11.0 Å². The van der Waals surface area contributed by atoms with E-state index < -0.39 is 5.76 Å². The van der Waals surface area contributed by atoms with E-state index in [1.165, 1.54) is 0 Å². The molecule has 0 unspecified atom stereocenters. The minimum absolute atomic E-state index is 0.162. The molecule has 0 amide bonds. The summed E-state index contributed by atoms with van der Waals surface area (Å²) in [5.41, 5.74) is 0. The Morgan fingerprint density at radius 1 is 1.50 bits per heavy atom. The molecule has 0 aromatic heterocycles. The van der Waals surface area contributed by atoms with Gasteiger partial charge in [0.1, 0.15) is 0 Å². The Balaban J connectivity index is 2.01. The molecule has 0 aromatic rings. The summed E-state index contributed by atoms with van der Waals surface area (Å²) in [6, 6.07) is 0. The Kier molecular flexibility index (Phi) is 2.08. The van der Waals surface area contributed by atoms with Gasteiger partial charge in [0.2, 0.25) is 0 Å². The lowest BCUT2D eigenvalue weighted by Crippen LogP contribution is -2.45. The molecular weight excluding hydrogens is 132 g/mol. The van der Waals surface area contributed by atoms with Crippen molar-refractivity contribution >= 4 is 11.8 Å². The maximum atomic E-state index is 11.4. The maximum Gasteiger partial charge on any atom is 0.284 e. The first-order chi connectivity index (χ1) is 3.79. The normalized spacial score (nSPS) is 21.4. The highest BCUT2D eigenvalue weighted by Gasteiger charge is 2.20. The molecule has 1 saturated heterocycles. The Bertz CT molecular complexity index is 74.4. The Hall–Kier alpha value is 0.170. The van der Waals surface area contributed by atoms with Crippen LogP contribution in [0.4, 0.5) is 8.78 Å². The molecule has 0 radical (unpaired) electrons. The van der Waals surface area contributed by atoms with Gasteiger partial charge in [-0.3, -0.25) is 0 Å². The molecule has 1 rings (SSSR count). The summed E-state index contributed by atoms with van der Waals surface area (Å²) in [6.45, 7) is 1.49. The monoisotopic (exact) mass is 139 g/mol. The van der Waals surface area contributed by atoms with Gasteiger partial charge in [-0.25, -0.2) is 0 Å². The third-order valence-electron chi connectivity index (χ3n) is 1.04. The minimum Gasteiger partial charge on any atom is -0.314 e. The zero-order valence-corrected chi connectivity index (χ0v) is 5.05. The average Bonchev–Trinajstić information content (AvgIpc) is 1.55. The van der Waals surface area contributed by atoms with Gasteiger partial charge < -0.3 is 5.32 Å².